The molecule has 1 aliphatic carbocycles. The number of sulfonamides is 1. The van der Waals surface area contributed by atoms with Gasteiger partial charge in [0, 0.05) is 19.1 Å². The van der Waals surface area contributed by atoms with Crippen LogP contribution in [-0.2, 0) is 14.8 Å². The van der Waals surface area contributed by atoms with Crippen LogP contribution in [0.2, 0.25) is 0 Å². The standard InChI is InChI=1S/C10H18ClNO3S/c11-8-10(3-5-15-6-4-10)12-16(13,14)7-9-1-2-9/h9,12H,1-8H2. The van der Waals surface area contributed by atoms with E-state index >= 15 is 0 Å². The van der Waals surface area contributed by atoms with Crippen LogP contribution in [-0.4, -0.2) is 38.8 Å². The highest BCUT2D eigenvalue weighted by atomic mass is 35.5. The van der Waals surface area contributed by atoms with E-state index in [1.807, 2.05) is 0 Å². The lowest BCUT2D eigenvalue weighted by atomic mass is 9.94. The largest absolute Gasteiger partial charge is 0.381 e. The SMILES string of the molecule is O=S(=O)(CC1CC1)NC1(CCl)CCOCC1. The molecule has 1 N–H and O–H groups in total. The first-order chi connectivity index (χ1) is 7.55. The van der Waals surface area contributed by atoms with Crippen molar-refractivity contribution < 1.29 is 13.2 Å². The van der Waals surface area contributed by atoms with Gasteiger partial charge in [-0.1, -0.05) is 0 Å². The predicted molar refractivity (Wildman–Crippen MR) is 63.2 cm³/mol. The second kappa shape index (κ2) is 4.80. The first-order valence-corrected chi connectivity index (χ1v) is 7.89. The average molecular weight is 268 g/mol. The highest BCUT2D eigenvalue weighted by Gasteiger charge is 2.37. The summed E-state index contributed by atoms with van der Waals surface area (Å²) in [6.07, 6.45) is 3.41. The van der Waals surface area contributed by atoms with Crippen molar-refractivity contribution in [3.63, 3.8) is 0 Å². The minimum absolute atomic E-state index is 0.256. The smallest absolute Gasteiger partial charge is 0.212 e. The molecule has 1 aliphatic heterocycles. The summed E-state index contributed by atoms with van der Waals surface area (Å²) < 4.78 is 31.8. The maximum absolute atomic E-state index is 11.9. The van der Waals surface area contributed by atoms with E-state index in [2.05, 4.69) is 4.72 Å². The van der Waals surface area contributed by atoms with Crippen molar-refractivity contribution in [1.82, 2.24) is 4.72 Å². The van der Waals surface area contributed by atoms with Crippen LogP contribution in [0, 0.1) is 5.92 Å². The summed E-state index contributed by atoms with van der Waals surface area (Å²) in [6.45, 7) is 1.16. The first-order valence-electron chi connectivity index (χ1n) is 5.71. The fourth-order valence-electron chi connectivity index (χ4n) is 1.99. The third kappa shape index (κ3) is 3.32. The molecule has 2 aliphatic rings. The lowest BCUT2D eigenvalue weighted by molar-refractivity contribution is 0.0549. The summed E-state index contributed by atoms with van der Waals surface area (Å²) >= 11 is 5.91. The van der Waals surface area contributed by atoms with Gasteiger partial charge in [0.05, 0.1) is 11.3 Å². The van der Waals surface area contributed by atoms with Crippen molar-refractivity contribution >= 4 is 21.6 Å². The highest BCUT2D eigenvalue weighted by Crippen LogP contribution is 2.31. The number of halogens is 1. The summed E-state index contributed by atoms with van der Waals surface area (Å²) in [7, 11) is -3.18. The lowest BCUT2D eigenvalue weighted by Crippen LogP contribution is -2.54. The lowest BCUT2D eigenvalue weighted by Gasteiger charge is -2.35. The van der Waals surface area contributed by atoms with Gasteiger partial charge in [-0.25, -0.2) is 13.1 Å². The molecule has 2 fully saturated rings. The summed E-state index contributed by atoms with van der Waals surface area (Å²) in [5, 5.41) is 0. The van der Waals surface area contributed by atoms with Gasteiger partial charge in [0.15, 0.2) is 0 Å². The monoisotopic (exact) mass is 267 g/mol. The van der Waals surface area contributed by atoms with Gasteiger partial charge in [0.2, 0.25) is 10.0 Å². The van der Waals surface area contributed by atoms with Crippen LogP contribution < -0.4 is 4.72 Å². The quantitative estimate of drug-likeness (QED) is 0.759. The summed E-state index contributed by atoms with van der Waals surface area (Å²) in [4.78, 5) is 0. The molecule has 16 heavy (non-hydrogen) atoms. The van der Waals surface area contributed by atoms with Crippen LogP contribution in [0.1, 0.15) is 25.7 Å². The molecule has 94 valence electrons. The average Bonchev–Trinajstić information content (AvgIpc) is 3.01. The van der Waals surface area contributed by atoms with E-state index in [1.165, 1.54) is 0 Å². The molecule has 0 aromatic rings. The Kier molecular flexibility index (Phi) is 3.79. The molecule has 1 saturated carbocycles. The number of hydrogen-bond acceptors (Lipinski definition) is 3. The molecule has 0 unspecified atom stereocenters. The van der Waals surface area contributed by atoms with Gasteiger partial charge in [-0.2, -0.15) is 0 Å². The third-order valence-electron chi connectivity index (χ3n) is 3.23. The van der Waals surface area contributed by atoms with E-state index in [4.69, 9.17) is 16.3 Å². The van der Waals surface area contributed by atoms with Crippen LogP contribution in [0.4, 0.5) is 0 Å². The fraction of sp³-hybridized carbons (Fsp3) is 1.00. The zero-order valence-corrected chi connectivity index (χ0v) is 10.8. The Bertz CT molecular complexity index is 334. The Morgan fingerprint density at radius 1 is 1.31 bits per heavy atom. The number of nitrogens with one attached hydrogen (secondary N) is 1. The minimum atomic E-state index is -3.18. The molecule has 0 amide bonds. The Balaban J connectivity index is 1.98. The van der Waals surface area contributed by atoms with Gasteiger partial charge in [-0.3, -0.25) is 0 Å². The molecule has 6 heteroatoms. The van der Waals surface area contributed by atoms with Gasteiger partial charge in [0.25, 0.3) is 0 Å². The Hall–Kier alpha value is 0.160. The van der Waals surface area contributed by atoms with Crippen LogP contribution in [0.3, 0.4) is 0 Å². The van der Waals surface area contributed by atoms with E-state index in [-0.39, 0.29) is 5.75 Å². The maximum atomic E-state index is 11.9. The predicted octanol–water partition coefficient (Wildman–Crippen LogP) is 1.10. The summed E-state index contributed by atoms with van der Waals surface area (Å²) in [5.74, 6) is 0.942. The van der Waals surface area contributed by atoms with Crippen LogP contribution >= 0.6 is 11.6 Å². The minimum Gasteiger partial charge on any atom is -0.381 e. The number of alkyl halides is 1. The Labute approximate surface area is 102 Å². The second-order valence-corrected chi connectivity index (χ2v) is 6.89. The van der Waals surface area contributed by atoms with E-state index in [0.29, 0.717) is 37.9 Å². The number of hydrogen-bond donors (Lipinski definition) is 1. The van der Waals surface area contributed by atoms with Crippen molar-refractivity contribution in [2.45, 2.75) is 31.2 Å². The number of ether oxygens (including phenoxy) is 1. The normalized spacial score (nSPS) is 25.6. The third-order valence-corrected chi connectivity index (χ3v) is 5.40. The first kappa shape index (κ1) is 12.6. The van der Waals surface area contributed by atoms with E-state index in [9.17, 15) is 8.42 Å². The van der Waals surface area contributed by atoms with E-state index in [1.54, 1.807) is 0 Å². The fourth-order valence-corrected chi connectivity index (χ4v) is 4.38. The summed E-state index contributed by atoms with van der Waals surface area (Å²) in [6, 6.07) is 0. The van der Waals surface area contributed by atoms with Crippen LogP contribution in [0.25, 0.3) is 0 Å². The van der Waals surface area contributed by atoms with E-state index in [0.717, 1.165) is 12.8 Å². The number of rotatable bonds is 5. The Morgan fingerprint density at radius 2 is 1.94 bits per heavy atom. The van der Waals surface area contributed by atoms with Crippen molar-refractivity contribution in [2.24, 2.45) is 5.92 Å². The van der Waals surface area contributed by atoms with Crippen molar-refractivity contribution in [3.8, 4) is 0 Å². The molecular weight excluding hydrogens is 250 g/mol. The zero-order valence-electron chi connectivity index (χ0n) is 9.25. The molecule has 2 rings (SSSR count). The molecule has 1 heterocycles. The van der Waals surface area contributed by atoms with Gasteiger partial charge in [-0.05, 0) is 31.6 Å². The maximum Gasteiger partial charge on any atom is 0.212 e. The zero-order chi connectivity index (χ0) is 11.6. The van der Waals surface area contributed by atoms with Gasteiger partial charge in [-0.15, -0.1) is 11.6 Å². The van der Waals surface area contributed by atoms with Crippen molar-refractivity contribution in [2.75, 3.05) is 24.8 Å². The second-order valence-electron chi connectivity index (χ2n) is 4.85. The van der Waals surface area contributed by atoms with Crippen molar-refractivity contribution in [1.29, 1.82) is 0 Å². The molecule has 0 aromatic heterocycles. The molecule has 1 saturated heterocycles. The van der Waals surface area contributed by atoms with E-state index < -0.39 is 15.6 Å². The van der Waals surface area contributed by atoms with Crippen molar-refractivity contribution in [3.05, 3.63) is 0 Å². The molecule has 0 bridgehead atoms. The van der Waals surface area contributed by atoms with Gasteiger partial charge in [0.1, 0.15) is 0 Å². The van der Waals surface area contributed by atoms with Crippen LogP contribution in [0.15, 0.2) is 0 Å². The molecule has 0 atom stereocenters. The molecule has 0 aromatic carbocycles. The molecule has 0 radical (unpaired) electrons. The molecular formula is C10H18ClNO3S. The molecule has 0 spiro atoms. The summed E-state index contributed by atoms with van der Waals surface area (Å²) in [5.41, 5.74) is -0.479. The topological polar surface area (TPSA) is 55.4 Å². The Morgan fingerprint density at radius 3 is 2.44 bits per heavy atom. The highest BCUT2D eigenvalue weighted by molar-refractivity contribution is 7.89. The van der Waals surface area contributed by atoms with Crippen LogP contribution in [0.5, 0.6) is 0 Å². The van der Waals surface area contributed by atoms with Gasteiger partial charge < -0.3 is 4.74 Å². The molecule has 4 nitrogen and oxygen atoms in total. The van der Waals surface area contributed by atoms with Gasteiger partial charge >= 0.3 is 0 Å².